The number of hydrogen-bond acceptors (Lipinski definition) is 3. The van der Waals surface area contributed by atoms with Gasteiger partial charge in [0.15, 0.2) is 0 Å². The minimum absolute atomic E-state index is 0.158. The molecular formula is C19H26O3. The number of hydrogen-bond donors (Lipinski definition) is 2. The molecule has 0 aliphatic heterocycles. The maximum atomic E-state index is 12.4. The molecule has 22 heavy (non-hydrogen) atoms. The zero-order chi connectivity index (χ0) is 15.7. The molecule has 4 aliphatic carbocycles. The quantitative estimate of drug-likeness (QED) is 0.676. The van der Waals surface area contributed by atoms with Crippen molar-refractivity contribution in [1.82, 2.24) is 0 Å². The molecule has 3 fully saturated rings. The maximum absolute atomic E-state index is 12.4. The Hall–Kier alpha value is -0.930. The van der Waals surface area contributed by atoms with Crippen molar-refractivity contribution < 1.29 is 15.0 Å². The van der Waals surface area contributed by atoms with Gasteiger partial charge in [-0.2, -0.15) is 0 Å². The third-order valence-corrected chi connectivity index (χ3v) is 7.31. The predicted molar refractivity (Wildman–Crippen MR) is 84.0 cm³/mol. The number of fused-ring (bicyclic) bond motifs is 5. The molecule has 2 N–H and O–H groups in total. The minimum Gasteiger partial charge on any atom is -0.393 e. The lowest BCUT2D eigenvalue weighted by molar-refractivity contribution is -0.142. The maximum Gasteiger partial charge on any atom is 0.139 e. The molecule has 0 radical (unpaired) electrons. The van der Waals surface area contributed by atoms with Crippen molar-refractivity contribution in [3.8, 4) is 0 Å². The number of allylic oxidation sites excluding steroid dienone is 2. The highest BCUT2D eigenvalue weighted by atomic mass is 16.3. The first-order valence-corrected chi connectivity index (χ1v) is 8.66. The van der Waals surface area contributed by atoms with E-state index in [1.165, 1.54) is 5.57 Å². The zero-order valence-electron chi connectivity index (χ0n) is 13.5. The van der Waals surface area contributed by atoms with E-state index in [9.17, 15) is 15.0 Å². The molecule has 4 rings (SSSR count). The molecule has 0 aromatic heterocycles. The van der Waals surface area contributed by atoms with E-state index in [-0.39, 0.29) is 16.7 Å². The number of carbonyl (C=O) groups is 1. The summed E-state index contributed by atoms with van der Waals surface area (Å²) in [7, 11) is 0. The summed E-state index contributed by atoms with van der Waals surface area (Å²) in [6.45, 7) is 4.29. The molecule has 0 saturated heterocycles. The van der Waals surface area contributed by atoms with Gasteiger partial charge < -0.3 is 10.2 Å². The summed E-state index contributed by atoms with van der Waals surface area (Å²) in [5, 5.41) is 20.8. The normalized spacial score (nSPS) is 53.5. The average molecular weight is 302 g/mol. The van der Waals surface area contributed by atoms with E-state index < -0.39 is 12.2 Å². The van der Waals surface area contributed by atoms with Gasteiger partial charge >= 0.3 is 0 Å². The van der Waals surface area contributed by atoms with Gasteiger partial charge in [-0.3, -0.25) is 4.79 Å². The number of Topliss-reactive ketones (excluding diaryl/α,β-unsaturated/α-hetero) is 1. The Bertz CT molecular complexity index is 577. The van der Waals surface area contributed by atoms with Crippen LogP contribution in [0.2, 0.25) is 0 Å². The van der Waals surface area contributed by atoms with E-state index in [0.717, 1.165) is 19.3 Å². The van der Waals surface area contributed by atoms with Crippen LogP contribution in [0.4, 0.5) is 0 Å². The molecule has 3 heteroatoms. The number of rotatable bonds is 0. The van der Waals surface area contributed by atoms with E-state index in [1.807, 2.05) is 12.2 Å². The second-order valence-electron chi connectivity index (χ2n) is 8.31. The Morgan fingerprint density at radius 3 is 2.73 bits per heavy atom. The van der Waals surface area contributed by atoms with Gasteiger partial charge in [0, 0.05) is 23.2 Å². The Morgan fingerprint density at radius 1 is 1.18 bits per heavy atom. The highest BCUT2D eigenvalue weighted by molar-refractivity contribution is 5.87. The summed E-state index contributed by atoms with van der Waals surface area (Å²) in [4.78, 5) is 12.4. The third-order valence-electron chi connectivity index (χ3n) is 7.31. The average Bonchev–Trinajstić information content (AvgIpc) is 2.75. The van der Waals surface area contributed by atoms with Gasteiger partial charge in [0.1, 0.15) is 5.78 Å². The Kier molecular flexibility index (Phi) is 3.03. The Balaban J connectivity index is 1.76. The molecule has 0 bridgehead atoms. The van der Waals surface area contributed by atoms with Crippen molar-refractivity contribution >= 4 is 5.78 Å². The van der Waals surface area contributed by atoms with Crippen LogP contribution >= 0.6 is 0 Å². The van der Waals surface area contributed by atoms with Crippen LogP contribution in [0.15, 0.2) is 23.8 Å². The van der Waals surface area contributed by atoms with Gasteiger partial charge in [-0.25, -0.2) is 0 Å². The van der Waals surface area contributed by atoms with Crippen molar-refractivity contribution in [3.63, 3.8) is 0 Å². The highest BCUT2D eigenvalue weighted by Gasteiger charge is 2.61. The van der Waals surface area contributed by atoms with Crippen molar-refractivity contribution in [2.24, 2.45) is 28.6 Å². The van der Waals surface area contributed by atoms with Crippen LogP contribution in [-0.2, 0) is 4.79 Å². The Labute approximate surface area is 132 Å². The van der Waals surface area contributed by atoms with Crippen LogP contribution in [0.25, 0.3) is 0 Å². The van der Waals surface area contributed by atoms with E-state index >= 15 is 0 Å². The van der Waals surface area contributed by atoms with Crippen LogP contribution in [0.5, 0.6) is 0 Å². The highest BCUT2D eigenvalue weighted by Crippen LogP contribution is 2.63. The second kappa shape index (κ2) is 4.55. The molecule has 0 aromatic rings. The van der Waals surface area contributed by atoms with Gasteiger partial charge in [0.05, 0.1) is 12.2 Å². The lowest BCUT2D eigenvalue weighted by Gasteiger charge is -2.57. The fraction of sp³-hybridized carbons (Fsp3) is 0.737. The number of aliphatic hydroxyl groups is 2. The summed E-state index contributed by atoms with van der Waals surface area (Å²) in [5.41, 5.74) is 0.806. The monoisotopic (exact) mass is 302 g/mol. The molecule has 0 heterocycles. The van der Waals surface area contributed by atoms with Crippen molar-refractivity contribution in [1.29, 1.82) is 0 Å². The number of ketones is 1. The second-order valence-corrected chi connectivity index (χ2v) is 8.31. The van der Waals surface area contributed by atoms with E-state index in [1.54, 1.807) is 0 Å². The predicted octanol–water partition coefficient (Wildman–Crippen LogP) is 2.63. The van der Waals surface area contributed by atoms with Gasteiger partial charge in [-0.05, 0) is 37.5 Å². The summed E-state index contributed by atoms with van der Waals surface area (Å²) in [5.74, 6) is 1.38. The SMILES string of the molecule is CC12C=CC(O)C=C1CCC1C2[C@H](O)CC2(C)C(=O)CCC12. The van der Waals surface area contributed by atoms with Crippen LogP contribution in [-0.4, -0.2) is 28.2 Å². The third kappa shape index (κ3) is 1.73. The molecule has 4 aliphatic rings. The lowest BCUT2D eigenvalue weighted by atomic mass is 9.47. The first kappa shape index (κ1) is 14.6. The molecule has 0 amide bonds. The van der Waals surface area contributed by atoms with Gasteiger partial charge in [-0.1, -0.05) is 37.6 Å². The molecule has 120 valence electrons. The van der Waals surface area contributed by atoms with Crippen molar-refractivity contribution in [3.05, 3.63) is 23.8 Å². The van der Waals surface area contributed by atoms with Crippen molar-refractivity contribution in [2.75, 3.05) is 0 Å². The van der Waals surface area contributed by atoms with E-state index in [0.29, 0.717) is 30.5 Å². The fourth-order valence-electron chi connectivity index (χ4n) is 6.22. The summed E-state index contributed by atoms with van der Waals surface area (Å²) in [6, 6.07) is 0. The standard InChI is InChI=1S/C19H26O3/c1-18-8-7-12(20)9-11(18)3-4-13-14-5-6-16(22)19(14,2)10-15(21)17(13)18/h7-9,12-15,17,20-21H,3-6,10H2,1-2H3/t12?,13?,14?,15-,17?,18?,19?/m1/s1. The molecular weight excluding hydrogens is 276 g/mol. The van der Waals surface area contributed by atoms with Crippen LogP contribution < -0.4 is 0 Å². The zero-order valence-corrected chi connectivity index (χ0v) is 13.5. The van der Waals surface area contributed by atoms with Crippen LogP contribution in [0.3, 0.4) is 0 Å². The Morgan fingerprint density at radius 2 is 1.95 bits per heavy atom. The summed E-state index contributed by atoms with van der Waals surface area (Å²) < 4.78 is 0. The van der Waals surface area contributed by atoms with Gasteiger partial charge in [-0.15, -0.1) is 0 Å². The summed E-state index contributed by atoms with van der Waals surface area (Å²) in [6.07, 6.45) is 9.33. The van der Waals surface area contributed by atoms with Gasteiger partial charge in [0.2, 0.25) is 0 Å². The smallest absolute Gasteiger partial charge is 0.139 e. The molecule has 3 saturated carbocycles. The van der Waals surface area contributed by atoms with Crippen LogP contribution in [0, 0.1) is 28.6 Å². The number of carbonyl (C=O) groups excluding carboxylic acids is 1. The van der Waals surface area contributed by atoms with E-state index in [2.05, 4.69) is 19.9 Å². The van der Waals surface area contributed by atoms with Crippen LogP contribution in [0.1, 0.15) is 46.0 Å². The first-order valence-electron chi connectivity index (χ1n) is 8.66. The first-order chi connectivity index (χ1) is 10.4. The van der Waals surface area contributed by atoms with Crippen molar-refractivity contribution in [2.45, 2.75) is 58.2 Å². The largest absolute Gasteiger partial charge is 0.393 e. The lowest BCUT2D eigenvalue weighted by Crippen LogP contribution is -2.56. The topological polar surface area (TPSA) is 57.5 Å². The molecule has 3 nitrogen and oxygen atoms in total. The molecule has 0 spiro atoms. The fourth-order valence-corrected chi connectivity index (χ4v) is 6.22. The molecule has 0 aromatic carbocycles. The minimum atomic E-state index is -0.487. The van der Waals surface area contributed by atoms with Gasteiger partial charge in [0.25, 0.3) is 0 Å². The summed E-state index contributed by atoms with van der Waals surface area (Å²) >= 11 is 0. The van der Waals surface area contributed by atoms with E-state index in [4.69, 9.17) is 0 Å². The molecule has 6 unspecified atom stereocenters. The molecule has 7 atom stereocenters. The number of aliphatic hydroxyl groups excluding tert-OH is 2.